The Morgan fingerprint density at radius 3 is 2.67 bits per heavy atom. The Kier molecular flexibility index (Phi) is 4.24. The molecule has 6 nitrogen and oxygen atoms in total. The first kappa shape index (κ1) is 15.4. The lowest BCUT2D eigenvalue weighted by molar-refractivity contribution is 0.102. The van der Waals surface area contributed by atoms with Gasteiger partial charge in [0, 0.05) is 22.7 Å². The number of thiazole rings is 1. The number of amides is 1. The van der Waals surface area contributed by atoms with Crippen LogP contribution < -0.4 is 16.6 Å². The molecule has 0 aliphatic rings. The molecule has 0 bridgehead atoms. The Hall–Kier alpha value is -1.99. The van der Waals surface area contributed by atoms with Gasteiger partial charge in [0.05, 0.1) is 16.9 Å². The first-order chi connectivity index (χ1) is 9.81. The van der Waals surface area contributed by atoms with Gasteiger partial charge < -0.3 is 5.43 Å². The van der Waals surface area contributed by atoms with E-state index < -0.39 is 0 Å². The van der Waals surface area contributed by atoms with Gasteiger partial charge in [0.1, 0.15) is 0 Å². The number of aryl methyl sites for hydroxylation is 1. The van der Waals surface area contributed by atoms with E-state index in [0.29, 0.717) is 16.4 Å². The Balaban J connectivity index is 2.20. The monoisotopic (exact) mass is 305 g/mol. The fraction of sp³-hybridized carbons (Fsp3) is 0.357. The number of carbonyl (C=O) groups is 1. The van der Waals surface area contributed by atoms with Crippen LogP contribution in [-0.4, -0.2) is 15.9 Å². The molecule has 0 aromatic carbocycles. The van der Waals surface area contributed by atoms with Crippen molar-refractivity contribution in [2.24, 2.45) is 5.84 Å². The molecule has 2 aromatic heterocycles. The topological polar surface area (TPSA) is 92.9 Å². The molecule has 0 radical (unpaired) electrons. The van der Waals surface area contributed by atoms with Gasteiger partial charge in [0.15, 0.2) is 5.13 Å². The predicted octanol–water partition coefficient (Wildman–Crippen LogP) is 2.68. The number of anilines is 2. The standard InChI is InChI=1S/C14H19N5OS/c1-8-5-10(19-15)9(6-16-8)12(20)18-13-17-11(7-21-13)14(2,3)4/h5-7H,15H2,1-4H3,(H,16,19)(H,17,18,20). The lowest BCUT2D eigenvalue weighted by Gasteiger charge is -2.14. The predicted molar refractivity (Wildman–Crippen MR) is 85.6 cm³/mol. The zero-order valence-corrected chi connectivity index (χ0v) is 13.3. The summed E-state index contributed by atoms with van der Waals surface area (Å²) in [5.41, 5.74) is 5.12. The number of nitrogens with one attached hydrogen (secondary N) is 2. The van der Waals surface area contributed by atoms with Crippen molar-refractivity contribution in [1.82, 2.24) is 9.97 Å². The normalized spacial score (nSPS) is 11.3. The maximum atomic E-state index is 12.3. The minimum absolute atomic E-state index is 0.0468. The highest BCUT2D eigenvalue weighted by Crippen LogP contribution is 2.27. The summed E-state index contributed by atoms with van der Waals surface area (Å²) in [6.07, 6.45) is 1.50. The second kappa shape index (κ2) is 5.79. The molecule has 0 atom stereocenters. The third kappa shape index (κ3) is 3.56. The molecule has 0 aliphatic carbocycles. The minimum Gasteiger partial charge on any atom is -0.323 e. The van der Waals surface area contributed by atoms with E-state index in [-0.39, 0.29) is 11.3 Å². The van der Waals surface area contributed by atoms with Gasteiger partial charge in [-0.15, -0.1) is 11.3 Å². The van der Waals surface area contributed by atoms with Gasteiger partial charge in [0.2, 0.25) is 0 Å². The molecule has 2 aromatic rings. The van der Waals surface area contributed by atoms with Crippen molar-refractivity contribution in [3.63, 3.8) is 0 Å². The van der Waals surface area contributed by atoms with Crippen LogP contribution in [0.4, 0.5) is 10.8 Å². The second-order valence-electron chi connectivity index (χ2n) is 5.76. The average molecular weight is 305 g/mol. The largest absolute Gasteiger partial charge is 0.323 e. The number of rotatable bonds is 3. The molecule has 1 amide bonds. The van der Waals surface area contributed by atoms with E-state index in [9.17, 15) is 4.79 Å². The van der Waals surface area contributed by atoms with E-state index >= 15 is 0 Å². The fourth-order valence-corrected chi connectivity index (χ4v) is 2.63. The number of hydrazine groups is 1. The first-order valence-corrected chi connectivity index (χ1v) is 7.40. The SMILES string of the molecule is Cc1cc(NN)c(C(=O)Nc2nc(C(C)(C)C)cs2)cn1. The average Bonchev–Trinajstić information content (AvgIpc) is 2.86. The highest BCUT2D eigenvalue weighted by Gasteiger charge is 2.19. The Labute approximate surface area is 127 Å². The molecule has 0 spiro atoms. The third-order valence-electron chi connectivity index (χ3n) is 2.93. The Morgan fingerprint density at radius 1 is 1.38 bits per heavy atom. The molecule has 2 heterocycles. The fourth-order valence-electron chi connectivity index (χ4n) is 1.70. The van der Waals surface area contributed by atoms with Gasteiger partial charge in [-0.2, -0.15) is 0 Å². The van der Waals surface area contributed by atoms with E-state index in [2.05, 4.69) is 41.5 Å². The minimum atomic E-state index is -0.287. The molecule has 112 valence electrons. The van der Waals surface area contributed by atoms with Crippen LogP contribution in [-0.2, 0) is 5.41 Å². The van der Waals surface area contributed by atoms with Crippen LogP contribution in [0, 0.1) is 6.92 Å². The van der Waals surface area contributed by atoms with Gasteiger partial charge in [-0.3, -0.25) is 20.9 Å². The molecule has 4 N–H and O–H groups in total. The number of nitrogens with zero attached hydrogens (tertiary/aromatic N) is 2. The van der Waals surface area contributed by atoms with E-state index in [1.54, 1.807) is 6.07 Å². The lowest BCUT2D eigenvalue weighted by Crippen LogP contribution is -2.18. The van der Waals surface area contributed by atoms with E-state index in [0.717, 1.165) is 11.4 Å². The van der Waals surface area contributed by atoms with Crippen LogP contribution in [0.1, 0.15) is 42.5 Å². The van der Waals surface area contributed by atoms with Crippen molar-refractivity contribution in [3.8, 4) is 0 Å². The van der Waals surface area contributed by atoms with Crippen LogP contribution in [0.25, 0.3) is 0 Å². The summed E-state index contributed by atoms with van der Waals surface area (Å²) in [7, 11) is 0. The number of nitrogens with two attached hydrogens (primary N) is 1. The number of aromatic nitrogens is 2. The zero-order valence-electron chi connectivity index (χ0n) is 12.5. The second-order valence-corrected chi connectivity index (χ2v) is 6.62. The van der Waals surface area contributed by atoms with Crippen LogP contribution in [0.5, 0.6) is 0 Å². The quantitative estimate of drug-likeness (QED) is 0.599. The summed E-state index contributed by atoms with van der Waals surface area (Å²) in [6.45, 7) is 8.06. The number of nitrogen functional groups attached to an aromatic ring is 1. The molecule has 2 rings (SSSR count). The third-order valence-corrected chi connectivity index (χ3v) is 3.69. The number of carbonyl (C=O) groups excluding carboxylic acids is 1. The summed E-state index contributed by atoms with van der Waals surface area (Å²) in [4.78, 5) is 20.8. The lowest BCUT2D eigenvalue weighted by atomic mass is 9.93. The van der Waals surface area contributed by atoms with E-state index in [4.69, 9.17) is 5.84 Å². The number of hydrogen-bond donors (Lipinski definition) is 3. The first-order valence-electron chi connectivity index (χ1n) is 6.52. The van der Waals surface area contributed by atoms with Gasteiger partial charge in [-0.25, -0.2) is 4.98 Å². The summed E-state index contributed by atoms with van der Waals surface area (Å²) in [6, 6.07) is 1.72. The molecular formula is C14H19N5OS. The smallest absolute Gasteiger partial charge is 0.261 e. The van der Waals surface area contributed by atoms with Gasteiger partial charge in [-0.05, 0) is 13.0 Å². The maximum Gasteiger partial charge on any atom is 0.261 e. The molecule has 0 saturated heterocycles. The Morgan fingerprint density at radius 2 is 2.10 bits per heavy atom. The molecule has 0 aliphatic heterocycles. The van der Waals surface area contributed by atoms with Crippen molar-refractivity contribution < 1.29 is 4.79 Å². The van der Waals surface area contributed by atoms with Gasteiger partial charge in [0.25, 0.3) is 5.91 Å². The van der Waals surface area contributed by atoms with Crippen molar-refractivity contribution in [2.45, 2.75) is 33.1 Å². The van der Waals surface area contributed by atoms with Crippen molar-refractivity contribution in [2.75, 3.05) is 10.7 Å². The summed E-state index contributed by atoms with van der Waals surface area (Å²) in [5.74, 6) is 5.15. The van der Waals surface area contributed by atoms with Gasteiger partial charge >= 0.3 is 0 Å². The summed E-state index contributed by atoms with van der Waals surface area (Å²) in [5, 5.41) is 5.29. The molecule has 7 heteroatoms. The summed E-state index contributed by atoms with van der Waals surface area (Å²) < 4.78 is 0. The highest BCUT2D eigenvalue weighted by atomic mass is 32.1. The summed E-state index contributed by atoms with van der Waals surface area (Å²) >= 11 is 1.40. The van der Waals surface area contributed by atoms with Crippen molar-refractivity contribution in [3.05, 3.63) is 34.6 Å². The Bertz CT molecular complexity index is 660. The number of pyridine rings is 1. The molecular weight excluding hydrogens is 286 g/mol. The molecule has 21 heavy (non-hydrogen) atoms. The molecule has 0 unspecified atom stereocenters. The molecule has 0 fully saturated rings. The maximum absolute atomic E-state index is 12.3. The van der Waals surface area contributed by atoms with Crippen LogP contribution >= 0.6 is 11.3 Å². The zero-order chi connectivity index (χ0) is 15.6. The van der Waals surface area contributed by atoms with Gasteiger partial charge in [-0.1, -0.05) is 20.8 Å². The van der Waals surface area contributed by atoms with Crippen LogP contribution in [0.3, 0.4) is 0 Å². The highest BCUT2D eigenvalue weighted by molar-refractivity contribution is 7.14. The van der Waals surface area contributed by atoms with E-state index in [1.807, 2.05) is 12.3 Å². The van der Waals surface area contributed by atoms with Crippen molar-refractivity contribution >= 4 is 28.1 Å². The van der Waals surface area contributed by atoms with Crippen LogP contribution in [0.15, 0.2) is 17.6 Å². The van der Waals surface area contributed by atoms with Crippen molar-refractivity contribution in [1.29, 1.82) is 0 Å². The van der Waals surface area contributed by atoms with E-state index in [1.165, 1.54) is 17.5 Å². The number of hydrogen-bond acceptors (Lipinski definition) is 6. The molecule has 0 saturated carbocycles. The van der Waals surface area contributed by atoms with Crippen LogP contribution in [0.2, 0.25) is 0 Å².